The molecule has 2 rings (SSSR count). The Morgan fingerprint density at radius 2 is 1.61 bits per heavy atom. The first-order chi connectivity index (χ1) is 12.8. The van der Waals surface area contributed by atoms with Crippen LogP contribution in [0.2, 0.25) is 10.0 Å². The minimum Gasteiger partial charge on any atom is -0.478 e. The zero-order valence-electron chi connectivity index (χ0n) is 13.6. The molecule has 10 heteroatoms. The molecule has 0 saturated heterocycles. The van der Waals surface area contributed by atoms with Crippen molar-refractivity contribution >= 4 is 51.2 Å². The van der Waals surface area contributed by atoms with Gasteiger partial charge in [-0.1, -0.05) is 41.4 Å². The van der Waals surface area contributed by atoms with Crippen molar-refractivity contribution in [3.8, 4) is 0 Å². The minimum absolute atomic E-state index is 0.0871. The van der Waals surface area contributed by atoms with E-state index in [1.165, 1.54) is 24.3 Å². The van der Waals surface area contributed by atoms with Crippen molar-refractivity contribution in [1.29, 1.82) is 0 Å². The lowest BCUT2D eigenvalue weighted by atomic mass is 9.91. The van der Waals surface area contributed by atoms with Crippen LogP contribution in [-0.4, -0.2) is 23.2 Å². The van der Waals surface area contributed by atoms with E-state index in [9.17, 15) is 26.7 Å². The molecule has 1 unspecified atom stereocenters. The van der Waals surface area contributed by atoms with Crippen LogP contribution in [0.25, 0.3) is 6.08 Å². The zero-order chi connectivity index (χ0) is 21.3. The number of carboxylic acids is 1. The summed E-state index contributed by atoms with van der Waals surface area (Å²) in [7, 11) is 0. The smallest absolute Gasteiger partial charge is 0.454 e. The van der Waals surface area contributed by atoms with Crippen LogP contribution in [0.15, 0.2) is 46.9 Å². The lowest BCUT2D eigenvalue weighted by molar-refractivity contribution is -0.286. The van der Waals surface area contributed by atoms with E-state index in [0.717, 1.165) is 18.2 Å². The van der Waals surface area contributed by atoms with Gasteiger partial charge in [-0.05, 0) is 57.4 Å². The molecule has 0 radical (unpaired) electrons. The Morgan fingerprint density at radius 3 is 2.07 bits per heavy atom. The number of alkyl halides is 5. The van der Waals surface area contributed by atoms with Gasteiger partial charge in [0.2, 0.25) is 0 Å². The summed E-state index contributed by atoms with van der Waals surface area (Å²) in [5.41, 5.74) is -0.291. The molecule has 0 aliphatic carbocycles. The van der Waals surface area contributed by atoms with Crippen LogP contribution in [0.3, 0.4) is 0 Å². The van der Waals surface area contributed by atoms with Crippen LogP contribution in [-0.2, 0) is 0 Å². The summed E-state index contributed by atoms with van der Waals surface area (Å²) in [6, 6.07) is 6.92. The molecule has 28 heavy (non-hydrogen) atoms. The molecular formula is C18H10BrCl2F5O2. The van der Waals surface area contributed by atoms with Gasteiger partial charge < -0.3 is 5.11 Å². The van der Waals surface area contributed by atoms with Crippen molar-refractivity contribution in [3.63, 3.8) is 0 Å². The summed E-state index contributed by atoms with van der Waals surface area (Å²) in [5.74, 6) is -8.73. The normalized spacial score (nSPS) is 13.7. The molecule has 0 bridgehead atoms. The van der Waals surface area contributed by atoms with E-state index in [1.807, 2.05) is 0 Å². The van der Waals surface area contributed by atoms with Gasteiger partial charge in [-0.25, -0.2) is 4.79 Å². The molecule has 0 amide bonds. The number of carbonyl (C=O) groups is 1. The number of carboxylic acid groups (broad SMARTS) is 1. The van der Waals surface area contributed by atoms with Crippen LogP contribution in [0.5, 0.6) is 0 Å². The average molecular weight is 504 g/mol. The second kappa shape index (κ2) is 8.39. The Morgan fingerprint density at radius 1 is 1.04 bits per heavy atom. The van der Waals surface area contributed by atoms with Crippen molar-refractivity contribution in [3.05, 3.63) is 73.7 Å². The monoisotopic (exact) mass is 502 g/mol. The molecule has 150 valence electrons. The molecule has 1 N–H and O–H groups in total. The van der Waals surface area contributed by atoms with Gasteiger partial charge in [0, 0.05) is 14.5 Å². The number of hydrogen-bond donors (Lipinski definition) is 1. The predicted molar refractivity (Wildman–Crippen MR) is 100 cm³/mol. The van der Waals surface area contributed by atoms with Gasteiger partial charge >= 0.3 is 18.1 Å². The average Bonchev–Trinajstić information content (AvgIpc) is 2.52. The fraction of sp³-hybridized carbons (Fsp3) is 0.167. The molecule has 0 aliphatic heterocycles. The van der Waals surface area contributed by atoms with Crippen LogP contribution < -0.4 is 0 Å². The maximum atomic E-state index is 14.1. The number of rotatable bonds is 5. The summed E-state index contributed by atoms with van der Waals surface area (Å²) in [6.07, 6.45) is -4.10. The van der Waals surface area contributed by atoms with Crippen molar-refractivity contribution in [1.82, 2.24) is 0 Å². The maximum absolute atomic E-state index is 14.1. The van der Waals surface area contributed by atoms with Crippen molar-refractivity contribution in [2.75, 3.05) is 0 Å². The van der Waals surface area contributed by atoms with E-state index in [-0.39, 0.29) is 25.6 Å². The lowest BCUT2D eigenvalue weighted by Crippen LogP contribution is -2.41. The van der Waals surface area contributed by atoms with E-state index in [1.54, 1.807) is 0 Å². The highest BCUT2D eigenvalue weighted by Crippen LogP contribution is 2.47. The summed E-state index contributed by atoms with van der Waals surface area (Å²) < 4.78 is 67.4. The molecule has 0 spiro atoms. The molecule has 0 aromatic heterocycles. The topological polar surface area (TPSA) is 37.3 Å². The Kier molecular flexibility index (Phi) is 6.78. The largest absolute Gasteiger partial charge is 0.478 e. The minimum atomic E-state index is -5.81. The summed E-state index contributed by atoms with van der Waals surface area (Å²) >= 11 is 14.5. The Hall–Kier alpha value is -1.64. The SMILES string of the molecule is O=C(O)c1ccc(/C=C/C(c2cc(Cl)cc(Cl)c2)C(F)(F)C(F)(F)F)cc1Br. The second-order valence-corrected chi connectivity index (χ2v) is 7.43. The van der Waals surface area contributed by atoms with E-state index in [4.69, 9.17) is 28.3 Å². The van der Waals surface area contributed by atoms with Gasteiger partial charge in [-0.3, -0.25) is 0 Å². The highest BCUT2D eigenvalue weighted by atomic mass is 79.9. The van der Waals surface area contributed by atoms with Crippen LogP contribution in [0.1, 0.15) is 27.4 Å². The molecule has 2 nitrogen and oxygen atoms in total. The highest BCUT2D eigenvalue weighted by molar-refractivity contribution is 9.10. The third-order valence-corrected chi connectivity index (χ3v) is 4.81. The van der Waals surface area contributed by atoms with Crippen molar-refractivity contribution < 1.29 is 31.9 Å². The van der Waals surface area contributed by atoms with Crippen LogP contribution >= 0.6 is 39.1 Å². The number of allylic oxidation sites excluding steroid dienone is 1. The molecule has 2 aromatic carbocycles. The number of aromatic carboxylic acids is 1. The number of halogens is 8. The van der Waals surface area contributed by atoms with E-state index in [0.29, 0.717) is 6.08 Å². The molecular weight excluding hydrogens is 494 g/mol. The van der Waals surface area contributed by atoms with Gasteiger partial charge in [-0.2, -0.15) is 22.0 Å². The summed E-state index contributed by atoms with van der Waals surface area (Å²) in [4.78, 5) is 11.0. The molecule has 2 aromatic rings. The molecule has 1 atom stereocenters. The standard InChI is InChI=1S/C18H10BrCl2F5O2/c19-15-5-9(1-3-13(15)16(27)28)2-4-14(17(22,23)18(24,25)26)10-6-11(20)8-12(21)7-10/h1-8,14H,(H,27,28)/b4-2+. The van der Waals surface area contributed by atoms with Crippen LogP contribution in [0.4, 0.5) is 22.0 Å². The fourth-order valence-electron chi connectivity index (χ4n) is 2.39. The first-order valence-electron chi connectivity index (χ1n) is 7.44. The van der Waals surface area contributed by atoms with Gasteiger partial charge in [0.25, 0.3) is 0 Å². The van der Waals surface area contributed by atoms with Gasteiger partial charge in [0.05, 0.1) is 11.5 Å². The quantitative estimate of drug-likeness (QED) is 0.430. The van der Waals surface area contributed by atoms with Gasteiger partial charge in [0.15, 0.2) is 0 Å². The summed E-state index contributed by atoms with van der Waals surface area (Å²) in [5, 5.41) is 8.79. The molecule has 0 fully saturated rings. The predicted octanol–water partition coefficient (Wildman–Crippen LogP) is 7.45. The number of benzene rings is 2. The second-order valence-electron chi connectivity index (χ2n) is 5.70. The molecule has 0 aliphatic rings. The Labute approximate surface area is 174 Å². The van der Waals surface area contributed by atoms with Crippen molar-refractivity contribution in [2.45, 2.75) is 18.0 Å². The lowest BCUT2D eigenvalue weighted by Gasteiger charge is -2.27. The number of hydrogen-bond acceptors (Lipinski definition) is 1. The summed E-state index contributed by atoms with van der Waals surface area (Å²) in [6.45, 7) is 0. The molecule has 0 heterocycles. The zero-order valence-corrected chi connectivity index (χ0v) is 16.7. The van der Waals surface area contributed by atoms with E-state index < -0.39 is 29.5 Å². The third kappa shape index (κ3) is 5.04. The Bertz CT molecular complexity index is 908. The third-order valence-electron chi connectivity index (χ3n) is 3.72. The van der Waals surface area contributed by atoms with Crippen LogP contribution in [0, 0.1) is 0 Å². The highest BCUT2D eigenvalue weighted by Gasteiger charge is 2.61. The Balaban J connectivity index is 2.52. The van der Waals surface area contributed by atoms with E-state index in [2.05, 4.69) is 15.9 Å². The molecule has 0 saturated carbocycles. The first-order valence-corrected chi connectivity index (χ1v) is 8.99. The van der Waals surface area contributed by atoms with Gasteiger partial charge in [-0.15, -0.1) is 0 Å². The first kappa shape index (κ1) is 22.6. The van der Waals surface area contributed by atoms with Crippen molar-refractivity contribution in [2.24, 2.45) is 0 Å². The maximum Gasteiger partial charge on any atom is 0.454 e. The van der Waals surface area contributed by atoms with E-state index >= 15 is 0 Å². The van der Waals surface area contributed by atoms with Gasteiger partial charge in [0.1, 0.15) is 0 Å². The fourth-order valence-corrected chi connectivity index (χ4v) is 3.50.